The summed E-state index contributed by atoms with van der Waals surface area (Å²) in [6, 6.07) is 15.4. The first-order valence-corrected chi connectivity index (χ1v) is 18.0. The van der Waals surface area contributed by atoms with Gasteiger partial charge < -0.3 is 19.9 Å². The number of sulfonamides is 1. The zero-order valence-corrected chi connectivity index (χ0v) is 30.2. The van der Waals surface area contributed by atoms with Gasteiger partial charge in [-0.3, -0.25) is 19.4 Å². The normalized spacial score (nSPS) is 12.7. The van der Waals surface area contributed by atoms with E-state index >= 15 is 0 Å². The van der Waals surface area contributed by atoms with Crippen molar-refractivity contribution in [1.82, 2.24) is 14.9 Å². The van der Waals surface area contributed by atoms with Crippen LogP contribution >= 0.6 is 34.8 Å². The number of ether oxygens (including phenoxy) is 2. The Morgan fingerprint density at radius 2 is 1.51 bits per heavy atom. The first-order chi connectivity index (χ1) is 23.3. The Kier molecular flexibility index (Phi) is 15.6. The number of carbonyl (C=O) groups is 3. The van der Waals surface area contributed by atoms with Gasteiger partial charge in [-0.05, 0) is 68.8 Å². The van der Waals surface area contributed by atoms with Crippen molar-refractivity contribution in [2.24, 2.45) is 0 Å². The molecule has 2 unspecified atom stereocenters. The van der Waals surface area contributed by atoms with Crippen LogP contribution in [0.5, 0.6) is 0 Å². The van der Waals surface area contributed by atoms with Crippen LogP contribution < -0.4 is 14.9 Å². The van der Waals surface area contributed by atoms with Crippen LogP contribution in [0.15, 0.2) is 77.7 Å². The van der Waals surface area contributed by atoms with Crippen LogP contribution in [0.4, 0.5) is 10.5 Å². The molecule has 0 saturated heterocycles. The van der Waals surface area contributed by atoms with E-state index in [1.807, 2.05) is 13.8 Å². The Morgan fingerprint density at radius 1 is 0.898 bits per heavy atom. The van der Waals surface area contributed by atoms with Gasteiger partial charge in [0.05, 0.1) is 5.02 Å². The first kappa shape index (κ1) is 40.0. The van der Waals surface area contributed by atoms with Crippen molar-refractivity contribution < 1.29 is 37.4 Å². The molecule has 0 aromatic heterocycles. The molecule has 0 saturated carbocycles. The van der Waals surface area contributed by atoms with Crippen molar-refractivity contribution in [3.63, 3.8) is 0 Å². The second kappa shape index (κ2) is 19.1. The van der Waals surface area contributed by atoms with Crippen LogP contribution in [-0.2, 0) is 35.6 Å². The lowest BCUT2D eigenvalue weighted by Gasteiger charge is -2.36. The van der Waals surface area contributed by atoms with Crippen LogP contribution in [0.3, 0.4) is 0 Å². The van der Waals surface area contributed by atoms with Gasteiger partial charge in [0.1, 0.15) is 17.0 Å². The van der Waals surface area contributed by atoms with Crippen molar-refractivity contribution >= 4 is 68.4 Å². The lowest BCUT2D eigenvalue weighted by molar-refractivity contribution is -0.140. The maximum absolute atomic E-state index is 14.6. The first-order valence-electron chi connectivity index (χ1n) is 15.4. The fraction of sp³-hybridized carbons (Fsp3) is 0.364. The Balaban J connectivity index is 2.02. The van der Waals surface area contributed by atoms with E-state index in [9.17, 15) is 27.9 Å². The number of rotatable bonds is 18. The van der Waals surface area contributed by atoms with Gasteiger partial charge in [-0.25, -0.2) is 17.9 Å². The topological polar surface area (TPSA) is 155 Å². The van der Waals surface area contributed by atoms with Crippen LogP contribution in [-0.4, -0.2) is 81.0 Å². The average molecular weight is 758 g/mol. The molecule has 0 aliphatic carbocycles. The van der Waals surface area contributed by atoms with Gasteiger partial charge in [0, 0.05) is 55.0 Å². The molecule has 3 N–H and O–H groups in total. The minimum Gasteiger partial charge on any atom is -0.465 e. The molecule has 0 heterocycles. The highest BCUT2D eigenvalue weighted by molar-refractivity contribution is 7.89. The Morgan fingerprint density at radius 3 is 2.08 bits per heavy atom. The standard InChI is InChI=1S/C33H39Cl3N4O8S/c1-4-47-30(48-5-2)17-18-37-31(41)22(3)40(26-14-11-24(34)12-15-26)32(42)28(39(33(43)44)21-23-9-7-6-8-10-23)20-38-49(45,46)29-16-13-25(35)19-27(29)36/h6-16,19,22,28,30,38H,4-5,17-18,20-21H2,1-3H3,(H,37,41)(H,43,44). The van der Waals surface area contributed by atoms with E-state index < -0.39 is 52.8 Å². The van der Waals surface area contributed by atoms with E-state index in [2.05, 4.69) is 10.0 Å². The lowest BCUT2D eigenvalue weighted by Crippen LogP contribution is -2.59. The van der Waals surface area contributed by atoms with E-state index in [4.69, 9.17) is 44.3 Å². The summed E-state index contributed by atoms with van der Waals surface area (Å²) in [5.74, 6) is -1.44. The van der Waals surface area contributed by atoms with Gasteiger partial charge in [0.2, 0.25) is 15.9 Å². The number of nitrogens with zero attached hydrogens (tertiary/aromatic N) is 2. The predicted molar refractivity (Wildman–Crippen MR) is 189 cm³/mol. The summed E-state index contributed by atoms with van der Waals surface area (Å²) in [4.78, 5) is 42.5. The SMILES string of the molecule is CCOC(CCNC(=O)C(C)N(C(=O)C(CNS(=O)(=O)c1ccc(Cl)cc1Cl)N(Cc1ccccc1)C(=O)O)c1ccc(Cl)cc1)OCC. The molecule has 0 spiro atoms. The van der Waals surface area contributed by atoms with Crippen molar-refractivity contribution in [1.29, 1.82) is 0 Å². The van der Waals surface area contributed by atoms with Gasteiger partial charge in [-0.2, -0.15) is 0 Å². The van der Waals surface area contributed by atoms with Gasteiger partial charge >= 0.3 is 6.09 Å². The fourth-order valence-electron chi connectivity index (χ4n) is 4.85. The highest BCUT2D eigenvalue weighted by Gasteiger charge is 2.38. The van der Waals surface area contributed by atoms with Crippen LogP contribution in [0.1, 0.15) is 32.8 Å². The van der Waals surface area contributed by atoms with Gasteiger partial charge in [-0.1, -0.05) is 65.1 Å². The summed E-state index contributed by atoms with van der Waals surface area (Å²) in [5.41, 5.74) is 0.755. The summed E-state index contributed by atoms with van der Waals surface area (Å²) < 4.78 is 40.2. The summed E-state index contributed by atoms with van der Waals surface area (Å²) in [6.07, 6.45) is -1.72. The van der Waals surface area contributed by atoms with Crippen molar-refractivity contribution in [2.45, 2.75) is 57.0 Å². The molecular weight excluding hydrogens is 719 g/mol. The minimum absolute atomic E-state index is 0.150. The van der Waals surface area contributed by atoms with E-state index in [-0.39, 0.29) is 33.7 Å². The molecule has 3 aromatic carbocycles. The third kappa shape index (κ3) is 11.6. The summed E-state index contributed by atoms with van der Waals surface area (Å²) >= 11 is 18.2. The molecule has 266 valence electrons. The molecule has 0 aliphatic rings. The lowest BCUT2D eigenvalue weighted by atomic mass is 10.1. The number of nitrogens with one attached hydrogen (secondary N) is 2. The number of anilines is 1. The van der Waals surface area contributed by atoms with Crippen LogP contribution in [0.25, 0.3) is 0 Å². The fourth-order valence-corrected chi connectivity index (χ4v) is 6.79. The third-order valence-electron chi connectivity index (χ3n) is 7.25. The van der Waals surface area contributed by atoms with Crippen LogP contribution in [0.2, 0.25) is 15.1 Å². The summed E-state index contributed by atoms with van der Waals surface area (Å²) in [5, 5.41) is 13.5. The number of benzene rings is 3. The smallest absolute Gasteiger partial charge is 0.408 e. The average Bonchev–Trinajstić information content (AvgIpc) is 3.05. The molecule has 3 aromatic rings. The highest BCUT2D eigenvalue weighted by Crippen LogP contribution is 2.26. The quantitative estimate of drug-likeness (QED) is 0.138. The van der Waals surface area contributed by atoms with E-state index in [1.54, 1.807) is 30.3 Å². The largest absolute Gasteiger partial charge is 0.465 e. The monoisotopic (exact) mass is 756 g/mol. The number of halogens is 3. The van der Waals surface area contributed by atoms with Crippen molar-refractivity contribution in [3.05, 3.63) is 93.4 Å². The van der Waals surface area contributed by atoms with Gasteiger partial charge in [-0.15, -0.1) is 0 Å². The Bertz CT molecular complexity index is 1660. The molecule has 0 fully saturated rings. The molecule has 0 aliphatic heterocycles. The second-order valence-corrected chi connectivity index (χ2v) is 13.6. The molecule has 16 heteroatoms. The van der Waals surface area contributed by atoms with Crippen molar-refractivity contribution in [3.8, 4) is 0 Å². The molecular formula is C33H39Cl3N4O8S. The second-order valence-electron chi connectivity index (χ2n) is 10.6. The maximum atomic E-state index is 14.6. The molecule has 49 heavy (non-hydrogen) atoms. The predicted octanol–water partition coefficient (Wildman–Crippen LogP) is 5.80. The molecule has 0 radical (unpaired) electrons. The molecule has 3 rings (SSSR count). The van der Waals surface area contributed by atoms with E-state index in [0.717, 1.165) is 9.80 Å². The minimum atomic E-state index is -4.38. The Hall–Kier alpha value is -3.43. The van der Waals surface area contributed by atoms with Crippen LogP contribution in [0, 0.1) is 0 Å². The van der Waals surface area contributed by atoms with Crippen molar-refractivity contribution in [2.75, 3.05) is 31.2 Å². The molecule has 3 amide bonds. The zero-order valence-electron chi connectivity index (χ0n) is 27.1. The van der Waals surface area contributed by atoms with Gasteiger partial charge in [0.25, 0.3) is 5.91 Å². The number of carbonyl (C=O) groups excluding carboxylic acids is 2. The maximum Gasteiger partial charge on any atom is 0.408 e. The Labute approximate surface area is 301 Å². The van der Waals surface area contributed by atoms with Gasteiger partial charge in [0.15, 0.2) is 6.29 Å². The molecule has 12 nitrogen and oxygen atoms in total. The number of carboxylic acid groups (broad SMARTS) is 1. The highest BCUT2D eigenvalue weighted by atomic mass is 35.5. The number of amides is 3. The number of hydrogen-bond acceptors (Lipinski definition) is 7. The van der Waals surface area contributed by atoms with E-state index in [1.165, 1.54) is 49.4 Å². The molecule has 2 atom stereocenters. The zero-order chi connectivity index (χ0) is 36.1. The molecule has 0 bridgehead atoms. The number of hydrogen-bond donors (Lipinski definition) is 3. The summed E-state index contributed by atoms with van der Waals surface area (Å²) in [6.45, 7) is 5.10. The third-order valence-corrected chi connectivity index (χ3v) is 9.64. The van der Waals surface area contributed by atoms with E-state index in [0.29, 0.717) is 30.2 Å². The summed E-state index contributed by atoms with van der Waals surface area (Å²) in [7, 11) is -4.38.